The van der Waals surface area contributed by atoms with E-state index in [0.29, 0.717) is 11.1 Å². The second kappa shape index (κ2) is 7.67. The highest BCUT2D eigenvalue weighted by atomic mass is 32.2. The van der Waals surface area contributed by atoms with Crippen LogP contribution in [0.2, 0.25) is 0 Å². The summed E-state index contributed by atoms with van der Waals surface area (Å²) in [5.41, 5.74) is 1.71. The molecule has 0 bridgehead atoms. The van der Waals surface area contributed by atoms with Gasteiger partial charge in [-0.2, -0.15) is 10.1 Å². The fourth-order valence-electron chi connectivity index (χ4n) is 3.56. The molecule has 4 rings (SSSR count). The van der Waals surface area contributed by atoms with Crippen molar-refractivity contribution < 1.29 is 4.79 Å². The number of nitrogens with one attached hydrogen (secondary N) is 2. The van der Waals surface area contributed by atoms with E-state index in [2.05, 4.69) is 32.7 Å². The number of anilines is 2. The van der Waals surface area contributed by atoms with Crippen LogP contribution in [-0.2, 0) is 11.8 Å². The van der Waals surface area contributed by atoms with Crippen molar-refractivity contribution in [2.24, 2.45) is 13.0 Å². The van der Waals surface area contributed by atoms with E-state index in [1.165, 1.54) is 0 Å². The molecule has 1 aliphatic rings. The fraction of sp³-hybridized carbons (Fsp3) is 0.368. The summed E-state index contributed by atoms with van der Waals surface area (Å²) in [5.74, 6) is 1.12. The van der Waals surface area contributed by atoms with E-state index in [0.717, 1.165) is 17.0 Å². The summed E-state index contributed by atoms with van der Waals surface area (Å²) in [7, 11) is 1.87. The third-order valence-corrected chi connectivity index (χ3v) is 5.51. The molecule has 0 saturated heterocycles. The average Bonchev–Trinajstić information content (AvgIpc) is 3.27. The average molecular weight is 398 g/mol. The van der Waals surface area contributed by atoms with Gasteiger partial charge in [-0.25, -0.2) is 4.68 Å². The Bertz CT molecular complexity index is 968. The highest BCUT2D eigenvalue weighted by molar-refractivity contribution is 7.99. The van der Waals surface area contributed by atoms with Crippen LogP contribution in [0, 0.1) is 5.92 Å². The summed E-state index contributed by atoms with van der Waals surface area (Å²) in [6.45, 7) is 4.07. The van der Waals surface area contributed by atoms with Gasteiger partial charge in [0.1, 0.15) is 0 Å². The van der Waals surface area contributed by atoms with Gasteiger partial charge in [0.25, 0.3) is 0 Å². The van der Waals surface area contributed by atoms with Gasteiger partial charge in [-0.1, -0.05) is 36.9 Å². The quantitative estimate of drug-likeness (QED) is 0.644. The Morgan fingerprint density at radius 1 is 1.32 bits per heavy atom. The zero-order valence-corrected chi connectivity index (χ0v) is 16.8. The van der Waals surface area contributed by atoms with Crippen LogP contribution in [0.1, 0.15) is 25.5 Å². The lowest BCUT2D eigenvalue weighted by molar-refractivity contribution is -0.121. The second-order valence-electron chi connectivity index (χ2n) is 6.80. The van der Waals surface area contributed by atoms with Crippen LogP contribution in [0.4, 0.5) is 11.6 Å². The van der Waals surface area contributed by atoms with E-state index < -0.39 is 0 Å². The number of carbonyl (C=O) groups is 1. The lowest BCUT2D eigenvalue weighted by atomic mass is 9.86. The Labute approximate surface area is 167 Å². The van der Waals surface area contributed by atoms with E-state index in [1.807, 2.05) is 55.2 Å². The molecule has 3 aromatic rings. The fourth-order valence-corrected chi connectivity index (χ4v) is 4.12. The minimum absolute atomic E-state index is 0.0640. The SMILES string of the molecule is CCSc1nc2n(n1)[C@@H](c1cnn(C)c1)[C@H](C(=O)Nc1ccccc1)[C@H](C)N2. The molecule has 146 valence electrons. The molecule has 3 atom stereocenters. The number of para-hydroxylation sites is 1. The summed E-state index contributed by atoms with van der Waals surface area (Å²) in [4.78, 5) is 17.9. The first kappa shape index (κ1) is 18.5. The molecule has 8 nitrogen and oxygen atoms in total. The van der Waals surface area contributed by atoms with Gasteiger partial charge in [-0.15, -0.1) is 5.10 Å². The molecule has 0 unspecified atom stereocenters. The molecule has 28 heavy (non-hydrogen) atoms. The van der Waals surface area contributed by atoms with Crippen LogP contribution in [0.5, 0.6) is 0 Å². The molecule has 2 aromatic heterocycles. The molecular weight excluding hydrogens is 374 g/mol. The number of thioether (sulfide) groups is 1. The molecule has 1 aliphatic heterocycles. The van der Waals surface area contributed by atoms with Crippen molar-refractivity contribution >= 4 is 29.3 Å². The maximum absolute atomic E-state index is 13.3. The minimum Gasteiger partial charge on any atom is -0.351 e. The summed E-state index contributed by atoms with van der Waals surface area (Å²) < 4.78 is 3.57. The monoisotopic (exact) mass is 397 g/mol. The number of hydrogen-bond acceptors (Lipinski definition) is 6. The zero-order chi connectivity index (χ0) is 19.7. The second-order valence-corrected chi connectivity index (χ2v) is 8.03. The summed E-state index contributed by atoms with van der Waals surface area (Å²) in [6, 6.07) is 9.09. The molecular formula is C19H23N7OS. The Balaban J connectivity index is 1.73. The van der Waals surface area contributed by atoms with Crippen molar-refractivity contribution in [2.75, 3.05) is 16.4 Å². The highest BCUT2D eigenvalue weighted by Gasteiger charge is 2.42. The molecule has 0 fully saturated rings. The molecule has 9 heteroatoms. The molecule has 0 radical (unpaired) electrons. The maximum atomic E-state index is 13.3. The summed E-state index contributed by atoms with van der Waals surface area (Å²) >= 11 is 1.58. The lowest BCUT2D eigenvalue weighted by Crippen LogP contribution is -2.46. The van der Waals surface area contributed by atoms with Gasteiger partial charge in [0.2, 0.25) is 17.0 Å². The number of fused-ring (bicyclic) bond motifs is 1. The van der Waals surface area contributed by atoms with Gasteiger partial charge < -0.3 is 10.6 Å². The number of aryl methyl sites for hydroxylation is 1. The number of amides is 1. The van der Waals surface area contributed by atoms with E-state index in [1.54, 1.807) is 22.6 Å². The number of aromatic nitrogens is 5. The molecule has 1 amide bonds. The van der Waals surface area contributed by atoms with Gasteiger partial charge in [0.15, 0.2) is 0 Å². The lowest BCUT2D eigenvalue weighted by Gasteiger charge is -2.36. The van der Waals surface area contributed by atoms with Crippen molar-refractivity contribution in [1.29, 1.82) is 0 Å². The van der Waals surface area contributed by atoms with Gasteiger partial charge in [-0.05, 0) is 24.8 Å². The Morgan fingerprint density at radius 2 is 2.11 bits per heavy atom. The van der Waals surface area contributed by atoms with Crippen LogP contribution in [-0.4, -0.2) is 42.2 Å². The van der Waals surface area contributed by atoms with Crippen LogP contribution < -0.4 is 10.6 Å². The number of hydrogen-bond donors (Lipinski definition) is 2. The van der Waals surface area contributed by atoms with Gasteiger partial charge in [0, 0.05) is 30.5 Å². The molecule has 0 spiro atoms. The Morgan fingerprint density at radius 3 is 2.79 bits per heavy atom. The van der Waals surface area contributed by atoms with Crippen molar-refractivity contribution in [3.8, 4) is 0 Å². The largest absolute Gasteiger partial charge is 0.351 e. The first-order valence-corrected chi connectivity index (χ1v) is 10.3. The highest BCUT2D eigenvalue weighted by Crippen LogP contribution is 2.37. The molecule has 1 aromatic carbocycles. The van der Waals surface area contributed by atoms with Crippen molar-refractivity contribution in [1.82, 2.24) is 24.5 Å². The molecule has 3 heterocycles. The number of benzene rings is 1. The predicted molar refractivity (Wildman–Crippen MR) is 109 cm³/mol. The number of carbonyl (C=O) groups excluding carboxylic acids is 1. The van der Waals surface area contributed by atoms with E-state index in [4.69, 9.17) is 0 Å². The third-order valence-electron chi connectivity index (χ3n) is 4.79. The van der Waals surface area contributed by atoms with Gasteiger partial charge in [-0.3, -0.25) is 9.48 Å². The van der Waals surface area contributed by atoms with Crippen molar-refractivity contribution in [3.05, 3.63) is 48.3 Å². The minimum atomic E-state index is -0.377. The van der Waals surface area contributed by atoms with Crippen molar-refractivity contribution in [3.63, 3.8) is 0 Å². The molecule has 0 saturated carbocycles. The van der Waals surface area contributed by atoms with Crippen molar-refractivity contribution in [2.45, 2.75) is 31.1 Å². The van der Waals surface area contributed by atoms with E-state index >= 15 is 0 Å². The third kappa shape index (κ3) is 3.49. The number of rotatable bonds is 5. The summed E-state index contributed by atoms with van der Waals surface area (Å²) in [6.07, 6.45) is 3.73. The standard InChI is InChI=1S/C19H23N7OS/c1-4-28-19-23-18-21-12(2)15(17(27)22-14-8-6-5-7-9-14)16(26(18)24-19)13-10-20-25(3)11-13/h5-12,15-16H,4H2,1-3H3,(H,22,27)(H,21,23,24)/t12-,15+,16-/m0/s1. The smallest absolute Gasteiger partial charge is 0.232 e. The van der Waals surface area contributed by atoms with Crippen LogP contribution in [0.3, 0.4) is 0 Å². The van der Waals surface area contributed by atoms with Crippen LogP contribution in [0.25, 0.3) is 0 Å². The van der Waals surface area contributed by atoms with Crippen LogP contribution >= 0.6 is 11.8 Å². The van der Waals surface area contributed by atoms with E-state index in [9.17, 15) is 4.79 Å². The zero-order valence-electron chi connectivity index (χ0n) is 16.0. The van der Waals surface area contributed by atoms with Gasteiger partial charge >= 0.3 is 0 Å². The Kier molecular flexibility index (Phi) is 5.08. The first-order chi connectivity index (χ1) is 13.6. The molecule has 2 N–H and O–H groups in total. The van der Waals surface area contributed by atoms with Gasteiger partial charge in [0.05, 0.1) is 18.2 Å². The van der Waals surface area contributed by atoms with E-state index in [-0.39, 0.29) is 23.9 Å². The predicted octanol–water partition coefficient (Wildman–Crippen LogP) is 2.78. The topological polar surface area (TPSA) is 89.7 Å². The summed E-state index contributed by atoms with van der Waals surface area (Å²) in [5, 5.41) is 16.1. The maximum Gasteiger partial charge on any atom is 0.232 e. The number of nitrogens with zero attached hydrogens (tertiary/aromatic N) is 5. The molecule has 0 aliphatic carbocycles. The normalized spacial score (nSPS) is 21.0. The first-order valence-electron chi connectivity index (χ1n) is 9.27. The van der Waals surface area contributed by atoms with Crippen LogP contribution in [0.15, 0.2) is 47.9 Å². The Hall–Kier alpha value is -2.81.